The fraction of sp³-hybridized carbons (Fsp3) is 0.583. The van der Waals surface area contributed by atoms with Crippen molar-refractivity contribution in [1.29, 1.82) is 0 Å². The zero-order chi connectivity index (χ0) is 21.9. The van der Waals surface area contributed by atoms with Gasteiger partial charge in [-0.3, -0.25) is 4.68 Å². The summed E-state index contributed by atoms with van der Waals surface area (Å²) >= 11 is 6.72. The van der Waals surface area contributed by atoms with Crippen molar-refractivity contribution in [2.45, 2.75) is 56.2 Å². The predicted octanol–water partition coefficient (Wildman–Crippen LogP) is 3.75. The molecule has 0 spiro atoms. The van der Waals surface area contributed by atoms with E-state index in [1.54, 1.807) is 7.11 Å². The molecule has 8 rings (SSSR count). The Hall–Kier alpha value is -2.09. The van der Waals surface area contributed by atoms with Crippen LogP contribution in [0.4, 0.5) is 5.69 Å². The summed E-state index contributed by atoms with van der Waals surface area (Å²) in [6, 6.07) is 4.24. The molecule has 168 valence electrons. The summed E-state index contributed by atoms with van der Waals surface area (Å²) in [6.07, 6.45) is 11.4. The lowest BCUT2D eigenvalue weighted by Crippen LogP contribution is -2.69. The topological polar surface area (TPSA) is 68.3 Å². The molecule has 4 bridgehead atoms. The van der Waals surface area contributed by atoms with Gasteiger partial charge in [-0.25, -0.2) is 4.68 Å². The standard InChI is InChI=1S/C24H28ClN5O2/c1-22(31)16-3-4-21(22)28(9-16)20-6-19-15(5-18(20)25)7-27-30(19)17-8-26-29(10-17)24-11-23(12-24,13-24)14-32-2/h5-8,10,16,21,31H,3-4,9,11-14H2,1-2H3/t16-,21-,22?,23?,24?/m1/s1. The van der Waals surface area contributed by atoms with Crippen LogP contribution in [0.5, 0.6) is 0 Å². The highest BCUT2D eigenvalue weighted by Crippen LogP contribution is 2.71. The van der Waals surface area contributed by atoms with Gasteiger partial charge >= 0.3 is 0 Å². The van der Waals surface area contributed by atoms with Crippen LogP contribution >= 0.6 is 11.6 Å². The molecule has 3 atom stereocenters. The third kappa shape index (κ3) is 2.34. The second kappa shape index (κ2) is 6.07. The van der Waals surface area contributed by atoms with Gasteiger partial charge in [0.1, 0.15) is 5.69 Å². The van der Waals surface area contributed by atoms with Gasteiger partial charge < -0.3 is 14.7 Å². The van der Waals surface area contributed by atoms with Gasteiger partial charge in [-0.2, -0.15) is 10.2 Å². The minimum Gasteiger partial charge on any atom is -0.388 e. The SMILES string of the molecule is COCC12CC(n3cc(-n4ncc5cc(Cl)c(N6C[C@H]7CC[C@@H]6C7(C)O)cc54)cn3)(C1)C2. The lowest BCUT2D eigenvalue weighted by molar-refractivity contribution is -0.217. The minimum absolute atomic E-state index is 0.116. The van der Waals surface area contributed by atoms with Crippen LogP contribution in [0, 0.1) is 11.3 Å². The third-order valence-corrected chi connectivity index (χ3v) is 9.19. The van der Waals surface area contributed by atoms with Gasteiger partial charge in [0.15, 0.2) is 0 Å². The zero-order valence-corrected chi connectivity index (χ0v) is 19.2. The largest absolute Gasteiger partial charge is 0.388 e. The van der Waals surface area contributed by atoms with E-state index in [2.05, 4.69) is 26.9 Å². The number of benzene rings is 1. The summed E-state index contributed by atoms with van der Waals surface area (Å²) in [5, 5.41) is 22.1. The molecular weight excluding hydrogens is 426 g/mol. The molecule has 5 aliphatic rings. The average molecular weight is 454 g/mol. The highest BCUT2D eigenvalue weighted by Gasteiger charge is 2.69. The fourth-order valence-corrected chi connectivity index (χ4v) is 7.66. The fourth-order valence-electron chi connectivity index (χ4n) is 7.38. The van der Waals surface area contributed by atoms with Crippen LogP contribution in [0.1, 0.15) is 39.0 Å². The number of rotatable bonds is 5. The van der Waals surface area contributed by atoms with Gasteiger partial charge in [0, 0.05) is 30.4 Å². The Balaban J connectivity index is 1.23. The number of halogens is 1. The normalized spacial score (nSPS) is 37.2. The van der Waals surface area contributed by atoms with Crippen molar-refractivity contribution in [3.05, 3.63) is 35.7 Å². The monoisotopic (exact) mass is 453 g/mol. The molecule has 4 saturated carbocycles. The van der Waals surface area contributed by atoms with Crippen molar-refractivity contribution in [3.63, 3.8) is 0 Å². The van der Waals surface area contributed by atoms with E-state index in [1.165, 1.54) is 0 Å². The summed E-state index contributed by atoms with van der Waals surface area (Å²) in [6.45, 7) is 3.67. The highest BCUT2D eigenvalue weighted by molar-refractivity contribution is 6.34. The zero-order valence-electron chi connectivity index (χ0n) is 18.5. The maximum absolute atomic E-state index is 11.0. The average Bonchev–Trinajstić information content (AvgIpc) is 3.45. The number of fused-ring (bicyclic) bond motifs is 3. The van der Waals surface area contributed by atoms with E-state index in [9.17, 15) is 5.11 Å². The lowest BCUT2D eigenvalue weighted by atomic mass is 9.39. The number of methoxy groups -OCH3 is 1. The first-order chi connectivity index (χ1) is 15.3. The van der Waals surface area contributed by atoms with Gasteiger partial charge in [-0.05, 0) is 51.2 Å². The molecule has 1 aromatic carbocycles. The number of nitrogens with zero attached hydrogens (tertiary/aromatic N) is 5. The van der Waals surface area contributed by atoms with Crippen LogP contribution in [-0.2, 0) is 10.3 Å². The quantitative estimate of drug-likeness (QED) is 0.637. The number of hydrogen-bond acceptors (Lipinski definition) is 5. The van der Waals surface area contributed by atoms with Crippen molar-refractivity contribution in [2.75, 3.05) is 25.2 Å². The molecule has 2 aromatic heterocycles. The van der Waals surface area contributed by atoms with E-state index in [1.807, 2.05) is 30.1 Å². The number of piperidine rings is 1. The van der Waals surface area contributed by atoms with E-state index in [-0.39, 0.29) is 11.6 Å². The molecule has 5 fully saturated rings. The molecule has 8 heteroatoms. The van der Waals surface area contributed by atoms with Crippen molar-refractivity contribution in [2.24, 2.45) is 11.3 Å². The molecule has 1 aliphatic heterocycles. The number of hydrogen-bond donors (Lipinski definition) is 1. The Kier molecular flexibility index (Phi) is 3.68. The number of aliphatic hydroxyl groups is 1. The van der Waals surface area contributed by atoms with Gasteiger partial charge in [-0.1, -0.05) is 11.6 Å². The van der Waals surface area contributed by atoms with Gasteiger partial charge in [0.2, 0.25) is 0 Å². The Labute approximate surface area is 191 Å². The van der Waals surface area contributed by atoms with Gasteiger partial charge in [0.25, 0.3) is 0 Å². The summed E-state index contributed by atoms with van der Waals surface area (Å²) < 4.78 is 9.50. The third-order valence-electron chi connectivity index (χ3n) is 8.89. The first-order valence-electron chi connectivity index (χ1n) is 11.6. The summed E-state index contributed by atoms with van der Waals surface area (Å²) in [4.78, 5) is 2.30. The van der Waals surface area contributed by atoms with Gasteiger partial charge in [-0.15, -0.1) is 0 Å². The highest BCUT2D eigenvalue weighted by atomic mass is 35.5. The van der Waals surface area contributed by atoms with Crippen molar-refractivity contribution >= 4 is 28.2 Å². The van der Waals surface area contributed by atoms with Crippen molar-refractivity contribution < 1.29 is 9.84 Å². The lowest BCUT2D eigenvalue weighted by Gasteiger charge is -2.70. The first-order valence-corrected chi connectivity index (χ1v) is 11.9. The molecule has 1 N–H and O–H groups in total. The summed E-state index contributed by atoms with van der Waals surface area (Å²) in [5.74, 6) is 0.303. The number of ether oxygens (including phenoxy) is 1. The van der Waals surface area contributed by atoms with E-state index >= 15 is 0 Å². The van der Waals surface area contributed by atoms with Crippen LogP contribution in [0.3, 0.4) is 0 Å². The predicted molar refractivity (Wildman–Crippen MR) is 122 cm³/mol. The maximum Gasteiger partial charge on any atom is 0.103 e. The molecular formula is C24H28ClN5O2. The molecule has 0 radical (unpaired) electrons. The van der Waals surface area contributed by atoms with Crippen LogP contribution < -0.4 is 4.90 Å². The molecule has 0 amide bonds. The van der Waals surface area contributed by atoms with E-state index < -0.39 is 5.60 Å². The Morgan fingerprint density at radius 3 is 2.69 bits per heavy atom. The maximum atomic E-state index is 11.0. The number of anilines is 1. The molecule has 1 saturated heterocycles. The Morgan fingerprint density at radius 1 is 1.19 bits per heavy atom. The molecule has 4 aliphatic carbocycles. The smallest absolute Gasteiger partial charge is 0.103 e. The van der Waals surface area contributed by atoms with Crippen molar-refractivity contribution in [3.8, 4) is 5.69 Å². The van der Waals surface area contributed by atoms with Crippen molar-refractivity contribution in [1.82, 2.24) is 19.6 Å². The van der Waals surface area contributed by atoms with Crippen LogP contribution in [-0.4, -0.2) is 56.6 Å². The minimum atomic E-state index is -0.650. The summed E-state index contributed by atoms with van der Waals surface area (Å²) in [7, 11) is 1.79. The van der Waals surface area contributed by atoms with E-state index in [0.717, 1.165) is 67.5 Å². The van der Waals surface area contributed by atoms with E-state index in [4.69, 9.17) is 21.4 Å². The van der Waals surface area contributed by atoms with Crippen LogP contribution in [0.2, 0.25) is 5.02 Å². The molecule has 3 heterocycles. The second-order valence-corrected chi connectivity index (χ2v) is 11.3. The Bertz CT molecular complexity index is 1230. The van der Waals surface area contributed by atoms with Crippen LogP contribution in [0.15, 0.2) is 30.7 Å². The Morgan fingerprint density at radius 2 is 2.00 bits per heavy atom. The van der Waals surface area contributed by atoms with Gasteiger partial charge in [0.05, 0.1) is 58.6 Å². The molecule has 1 unspecified atom stereocenters. The van der Waals surface area contributed by atoms with E-state index in [0.29, 0.717) is 16.4 Å². The second-order valence-electron chi connectivity index (χ2n) is 10.9. The molecule has 7 nitrogen and oxygen atoms in total. The summed E-state index contributed by atoms with van der Waals surface area (Å²) in [5.41, 5.74) is 2.86. The first kappa shape index (κ1) is 19.4. The van der Waals surface area contributed by atoms with Crippen LogP contribution in [0.25, 0.3) is 16.6 Å². The molecule has 32 heavy (non-hydrogen) atoms. The number of aromatic nitrogens is 4. The molecule has 3 aromatic rings.